The number of hydrogen-bond donors (Lipinski definition) is 1. The molecule has 1 saturated carbocycles. The molecule has 3 rings (SSSR count). The van der Waals surface area contributed by atoms with Crippen LogP contribution in [0.25, 0.3) is 5.95 Å². The van der Waals surface area contributed by atoms with Crippen LogP contribution in [0.5, 0.6) is 0 Å². The van der Waals surface area contributed by atoms with E-state index in [2.05, 4.69) is 20.4 Å². The van der Waals surface area contributed by atoms with Crippen molar-refractivity contribution < 1.29 is 4.39 Å². The third-order valence-electron chi connectivity index (χ3n) is 4.42. The van der Waals surface area contributed by atoms with Crippen molar-refractivity contribution >= 4 is 5.82 Å². The molecule has 1 aliphatic rings. The second-order valence-electron chi connectivity index (χ2n) is 6.87. The van der Waals surface area contributed by atoms with E-state index in [9.17, 15) is 4.39 Å². The zero-order valence-corrected chi connectivity index (χ0v) is 14.2. The summed E-state index contributed by atoms with van der Waals surface area (Å²) in [5.41, 5.74) is 1.81. The third-order valence-corrected chi connectivity index (χ3v) is 4.42. The van der Waals surface area contributed by atoms with Gasteiger partial charge in [0.2, 0.25) is 0 Å². The fraction of sp³-hybridized carbons (Fsp3) is 0.588. The number of nitrogens with zero attached hydrogens (tertiary/aromatic N) is 4. The normalized spacial score (nSPS) is 24.7. The van der Waals surface area contributed by atoms with Crippen LogP contribution in [0.15, 0.2) is 12.1 Å². The number of hydrogen-bond acceptors (Lipinski definition) is 4. The van der Waals surface area contributed by atoms with Gasteiger partial charge in [-0.2, -0.15) is 10.1 Å². The summed E-state index contributed by atoms with van der Waals surface area (Å²) in [4.78, 5) is 9.08. The van der Waals surface area contributed by atoms with Gasteiger partial charge in [-0.3, -0.25) is 0 Å². The molecular weight excluding hydrogens is 293 g/mol. The lowest BCUT2D eigenvalue weighted by atomic mass is 9.85. The predicted octanol–water partition coefficient (Wildman–Crippen LogP) is 3.67. The van der Waals surface area contributed by atoms with Crippen LogP contribution >= 0.6 is 0 Å². The molecule has 5 nitrogen and oxygen atoms in total. The van der Waals surface area contributed by atoms with Crippen LogP contribution in [-0.2, 0) is 0 Å². The van der Waals surface area contributed by atoms with E-state index in [0.29, 0.717) is 18.8 Å². The van der Waals surface area contributed by atoms with Crippen molar-refractivity contribution in [3.8, 4) is 5.95 Å². The molecule has 2 aromatic rings. The molecule has 2 heterocycles. The van der Waals surface area contributed by atoms with Gasteiger partial charge in [-0.1, -0.05) is 0 Å². The fourth-order valence-corrected chi connectivity index (χ4v) is 3.13. The van der Waals surface area contributed by atoms with Gasteiger partial charge in [-0.05, 0) is 59.4 Å². The molecule has 0 aromatic carbocycles. The lowest BCUT2D eigenvalue weighted by molar-refractivity contribution is 0.124. The first-order valence-corrected chi connectivity index (χ1v) is 8.17. The zero-order chi connectivity index (χ0) is 16.6. The summed E-state index contributed by atoms with van der Waals surface area (Å²) in [7, 11) is 0. The van der Waals surface area contributed by atoms with Crippen molar-refractivity contribution in [2.24, 2.45) is 0 Å². The molecule has 6 heteroatoms. The van der Waals surface area contributed by atoms with Gasteiger partial charge in [0.25, 0.3) is 5.95 Å². The van der Waals surface area contributed by atoms with Crippen molar-refractivity contribution in [3.05, 3.63) is 29.2 Å². The monoisotopic (exact) mass is 317 g/mol. The second-order valence-corrected chi connectivity index (χ2v) is 6.87. The quantitative estimate of drug-likeness (QED) is 0.938. The molecule has 0 aliphatic heterocycles. The lowest BCUT2D eigenvalue weighted by Gasteiger charge is -2.31. The van der Waals surface area contributed by atoms with Crippen LogP contribution in [0.4, 0.5) is 10.2 Å². The van der Waals surface area contributed by atoms with Crippen molar-refractivity contribution in [3.63, 3.8) is 0 Å². The Morgan fingerprint density at radius 1 is 1.13 bits per heavy atom. The van der Waals surface area contributed by atoms with Gasteiger partial charge >= 0.3 is 0 Å². The number of halogens is 1. The summed E-state index contributed by atoms with van der Waals surface area (Å²) in [6.07, 6.45) is 2.84. The van der Waals surface area contributed by atoms with Crippen LogP contribution < -0.4 is 5.32 Å². The zero-order valence-electron chi connectivity index (χ0n) is 14.2. The van der Waals surface area contributed by atoms with Crippen LogP contribution in [0.1, 0.15) is 49.7 Å². The van der Waals surface area contributed by atoms with Crippen molar-refractivity contribution in [2.45, 2.75) is 65.1 Å². The predicted molar refractivity (Wildman–Crippen MR) is 88.8 cm³/mol. The maximum Gasteiger partial charge on any atom is 0.252 e. The molecule has 124 valence electrons. The molecule has 2 aromatic heterocycles. The van der Waals surface area contributed by atoms with E-state index in [4.69, 9.17) is 0 Å². The number of aryl methyl sites for hydroxylation is 3. The molecule has 0 amide bonds. The average molecular weight is 317 g/mol. The second kappa shape index (κ2) is 5.91. The molecule has 0 atom stereocenters. The molecule has 23 heavy (non-hydrogen) atoms. The highest BCUT2D eigenvalue weighted by molar-refractivity contribution is 5.40. The first-order valence-electron chi connectivity index (χ1n) is 8.17. The van der Waals surface area contributed by atoms with Crippen molar-refractivity contribution in [2.75, 3.05) is 5.32 Å². The van der Waals surface area contributed by atoms with E-state index in [1.807, 2.05) is 32.9 Å². The van der Waals surface area contributed by atoms with Gasteiger partial charge in [0.1, 0.15) is 11.5 Å². The molecule has 0 bridgehead atoms. The molecule has 0 saturated heterocycles. The number of rotatable bonds is 3. The summed E-state index contributed by atoms with van der Waals surface area (Å²) in [5.74, 6) is 1.36. The molecule has 1 N–H and O–H groups in total. The Morgan fingerprint density at radius 3 is 2.43 bits per heavy atom. The van der Waals surface area contributed by atoms with Crippen LogP contribution in [0.2, 0.25) is 0 Å². The van der Waals surface area contributed by atoms with E-state index < -0.39 is 5.67 Å². The van der Waals surface area contributed by atoms with Gasteiger partial charge in [-0.15, -0.1) is 0 Å². The Bertz CT molecular complexity index is 697. The first-order chi connectivity index (χ1) is 10.8. The Hall–Kier alpha value is -1.98. The summed E-state index contributed by atoms with van der Waals surface area (Å²) in [6.45, 7) is 7.58. The van der Waals surface area contributed by atoms with Gasteiger partial charge in [0.05, 0.1) is 5.69 Å². The number of aromatic nitrogens is 4. The highest BCUT2D eigenvalue weighted by Crippen LogP contribution is 2.32. The molecule has 0 radical (unpaired) electrons. The highest BCUT2D eigenvalue weighted by atomic mass is 19.1. The molecule has 1 fully saturated rings. The minimum Gasteiger partial charge on any atom is -0.367 e. The third kappa shape index (κ3) is 3.68. The first kappa shape index (κ1) is 15.9. The molecule has 0 unspecified atom stereocenters. The van der Waals surface area contributed by atoms with E-state index >= 15 is 0 Å². The molecular formula is C17H24FN5. The fourth-order valence-electron chi connectivity index (χ4n) is 3.13. The Morgan fingerprint density at radius 2 is 1.83 bits per heavy atom. The molecule has 0 spiro atoms. The SMILES string of the molecule is Cc1cc(NC2CCC(C)(F)CC2)nc(-n2nc(C)cc2C)n1. The van der Waals surface area contributed by atoms with E-state index in [1.165, 1.54) is 0 Å². The van der Waals surface area contributed by atoms with E-state index in [-0.39, 0.29) is 6.04 Å². The van der Waals surface area contributed by atoms with E-state index in [0.717, 1.165) is 35.7 Å². The standard InChI is InChI=1S/C17H24FN5/c1-11-10-15(20-14-5-7-17(4,18)8-6-14)21-16(19-11)23-13(3)9-12(2)22-23/h9-10,14H,5-8H2,1-4H3,(H,19,20,21). The minimum absolute atomic E-state index is 0.265. The largest absolute Gasteiger partial charge is 0.367 e. The van der Waals surface area contributed by atoms with Gasteiger partial charge in [0, 0.05) is 23.5 Å². The minimum atomic E-state index is -1.02. The van der Waals surface area contributed by atoms with Crippen LogP contribution in [0, 0.1) is 20.8 Å². The lowest BCUT2D eigenvalue weighted by Crippen LogP contribution is -2.33. The summed E-state index contributed by atoms with van der Waals surface area (Å²) < 4.78 is 15.7. The number of alkyl halides is 1. The summed E-state index contributed by atoms with van der Waals surface area (Å²) in [6, 6.07) is 4.20. The molecule has 1 aliphatic carbocycles. The van der Waals surface area contributed by atoms with Gasteiger partial charge in [-0.25, -0.2) is 14.1 Å². The summed E-state index contributed by atoms with van der Waals surface area (Å²) in [5, 5.41) is 7.88. The summed E-state index contributed by atoms with van der Waals surface area (Å²) >= 11 is 0. The van der Waals surface area contributed by atoms with Crippen LogP contribution in [-0.4, -0.2) is 31.5 Å². The highest BCUT2D eigenvalue weighted by Gasteiger charge is 2.30. The smallest absolute Gasteiger partial charge is 0.252 e. The number of nitrogens with one attached hydrogen (secondary N) is 1. The Balaban J connectivity index is 1.80. The van der Waals surface area contributed by atoms with Crippen molar-refractivity contribution in [1.29, 1.82) is 0 Å². The van der Waals surface area contributed by atoms with Crippen LogP contribution in [0.3, 0.4) is 0 Å². The maximum absolute atomic E-state index is 13.9. The Labute approximate surface area is 136 Å². The topological polar surface area (TPSA) is 55.6 Å². The number of anilines is 1. The van der Waals surface area contributed by atoms with E-state index in [1.54, 1.807) is 11.6 Å². The van der Waals surface area contributed by atoms with Crippen molar-refractivity contribution in [1.82, 2.24) is 19.7 Å². The maximum atomic E-state index is 13.9. The average Bonchev–Trinajstić information content (AvgIpc) is 2.79. The van der Waals surface area contributed by atoms with Gasteiger partial charge < -0.3 is 5.32 Å². The Kier molecular flexibility index (Phi) is 4.08. The van der Waals surface area contributed by atoms with Gasteiger partial charge in [0.15, 0.2) is 0 Å².